The first-order chi connectivity index (χ1) is 23.8. The zero-order chi connectivity index (χ0) is 31.6. The second kappa shape index (κ2) is 10.5. The minimum absolute atomic E-state index is 0.602. The molecule has 0 radical (unpaired) electrons. The molecule has 0 aliphatic carbocycles. The van der Waals surface area contributed by atoms with Crippen molar-refractivity contribution in [2.75, 3.05) is 0 Å². The molecule has 10 aromatic rings. The van der Waals surface area contributed by atoms with Crippen molar-refractivity contribution in [2.45, 2.75) is 0 Å². The average Bonchev–Trinajstić information content (AvgIpc) is 3.71. The molecule has 48 heavy (non-hydrogen) atoms. The number of benzene rings is 7. The van der Waals surface area contributed by atoms with Gasteiger partial charge in [-0.25, -0.2) is 15.0 Å². The average molecular weight is 615 g/mol. The van der Waals surface area contributed by atoms with Gasteiger partial charge in [0.15, 0.2) is 17.5 Å². The van der Waals surface area contributed by atoms with E-state index in [1.54, 1.807) is 0 Å². The molecule has 0 atom stereocenters. The second-order valence-corrected chi connectivity index (χ2v) is 12.0. The van der Waals surface area contributed by atoms with E-state index in [0.29, 0.717) is 17.5 Å². The number of nitrogens with zero attached hydrogens (tertiary/aromatic N) is 4. The number of hydrogen-bond donors (Lipinski definition) is 0. The number of hydrogen-bond acceptors (Lipinski definition) is 4. The molecule has 224 valence electrons. The topological polar surface area (TPSA) is 56.7 Å². The van der Waals surface area contributed by atoms with E-state index in [0.717, 1.165) is 55.3 Å². The Kier molecular flexibility index (Phi) is 5.81. The Labute approximate surface area is 275 Å². The standard InChI is InChI=1S/C43H26N4O/c1-2-13-28(14-3-1)41-44-42(46-43(45-41)34-20-11-23-38-40(34)33-19-7-9-22-37(33)48-38)29-15-10-16-30(26-29)47-35-21-8-6-18-32(35)39-31-17-5-4-12-27(31)24-25-36(39)47/h1-26H. The van der Waals surface area contributed by atoms with E-state index in [1.807, 2.05) is 60.7 Å². The van der Waals surface area contributed by atoms with Gasteiger partial charge in [-0.05, 0) is 47.2 Å². The summed E-state index contributed by atoms with van der Waals surface area (Å²) < 4.78 is 8.57. The van der Waals surface area contributed by atoms with Gasteiger partial charge >= 0.3 is 0 Å². The van der Waals surface area contributed by atoms with Crippen LogP contribution in [0.1, 0.15) is 0 Å². The summed E-state index contributed by atoms with van der Waals surface area (Å²) in [7, 11) is 0. The molecule has 5 nitrogen and oxygen atoms in total. The molecule has 3 aromatic heterocycles. The van der Waals surface area contributed by atoms with Gasteiger partial charge in [0.05, 0.1) is 11.0 Å². The third-order valence-corrected chi connectivity index (χ3v) is 9.24. The van der Waals surface area contributed by atoms with Crippen LogP contribution in [0.4, 0.5) is 0 Å². The van der Waals surface area contributed by atoms with Gasteiger partial charge < -0.3 is 8.98 Å². The first-order valence-electron chi connectivity index (χ1n) is 16.0. The lowest BCUT2D eigenvalue weighted by Gasteiger charge is -2.12. The van der Waals surface area contributed by atoms with Gasteiger partial charge in [0.25, 0.3) is 0 Å². The molecule has 0 spiro atoms. The van der Waals surface area contributed by atoms with Crippen LogP contribution in [-0.2, 0) is 0 Å². The minimum Gasteiger partial charge on any atom is -0.456 e. The van der Waals surface area contributed by atoms with Crippen molar-refractivity contribution in [2.24, 2.45) is 0 Å². The predicted molar refractivity (Wildman–Crippen MR) is 195 cm³/mol. The SMILES string of the molecule is c1ccc(-c2nc(-c3cccc(-n4c5ccccc5c5c6ccccc6ccc54)c3)nc(-c3cccc4oc5ccccc5c34)n2)cc1. The molecule has 0 aliphatic heterocycles. The van der Waals surface area contributed by atoms with Crippen molar-refractivity contribution in [1.29, 1.82) is 0 Å². The van der Waals surface area contributed by atoms with Crippen LogP contribution >= 0.6 is 0 Å². The van der Waals surface area contributed by atoms with Crippen LogP contribution in [0.25, 0.3) is 94.4 Å². The highest BCUT2D eigenvalue weighted by molar-refractivity contribution is 6.21. The van der Waals surface area contributed by atoms with E-state index in [1.165, 1.54) is 21.5 Å². The van der Waals surface area contributed by atoms with Gasteiger partial charge in [0.2, 0.25) is 0 Å². The molecule has 3 heterocycles. The van der Waals surface area contributed by atoms with Crippen molar-refractivity contribution in [1.82, 2.24) is 19.5 Å². The molecule has 5 heteroatoms. The van der Waals surface area contributed by atoms with Crippen LogP contribution in [0.5, 0.6) is 0 Å². The van der Waals surface area contributed by atoms with Crippen LogP contribution < -0.4 is 0 Å². The van der Waals surface area contributed by atoms with E-state index in [-0.39, 0.29) is 0 Å². The van der Waals surface area contributed by atoms with Crippen molar-refractivity contribution >= 4 is 54.5 Å². The van der Waals surface area contributed by atoms with Gasteiger partial charge in [0, 0.05) is 43.9 Å². The second-order valence-electron chi connectivity index (χ2n) is 12.0. The molecule has 0 unspecified atom stereocenters. The van der Waals surface area contributed by atoms with Crippen LogP contribution in [0, 0.1) is 0 Å². The maximum absolute atomic E-state index is 6.22. The smallest absolute Gasteiger partial charge is 0.164 e. The first-order valence-corrected chi connectivity index (χ1v) is 16.0. The predicted octanol–water partition coefficient (Wildman–Crippen LogP) is 11.0. The molecule has 10 rings (SSSR count). The van der Waals surface area contributed by atoms with Crippen molar-refractivity contribution in [3.05, 3.63) is 158 Å². The minimum atomic E-state index is 0.602. The van der Waals surface area contributed by atoms with Crippen molar-refractivity contribution < 1.29 is 4.42 Å². The summed E-state index contributed by atoms with van der Waals surface area (Å²) in [5.74, 6) is 1.83. The molecular formula is C43H26N4O. The Morgan fingerprint density at radius 3 is 1.98 bits per heavy atom. The summed E-state index contributed by atoms with van der Waals surface area (Å²) in [6, 6.07) is 54.4. The number of furan rings is 1. The summed E-state index contributed by atoms with van der Waals surface area (Å²) in [6.07, 6.45) is 0. The number of aromatic nitrogens is 4. The maximum Gasteiger partial charge on any atom is 0.164 e. The Balaban J connectivity index is 1.21. The lowest BCUT2D eigenvalue weighted by molar-refractivity contribution is 0.669. The highest BCUT2D eigenvalue weighted by Gasteiger charge is 2.19. The zero-order valence-corrected chi connectivity index (χ0v) is 25.7. The number of fused-ring (bicyclic) bond motifs is 8. The lowest BCUT2D eigenvalue weighted by Crippen LogP contribution is -2.01. The summed E-state index contributed by atoms with van der Waals surface area (Å²) in [6.45, 7) is 0. The van der Waals surface area contributed by atoms with Gasteiger partial charge in [-0.3, -0.25) is 0 Å². The number of para-hydroxylation sites is 2. The molecule has 7 aromatic carbocycles. The fraction of sp³-hybridized carbons (Fsp3) is 0. The van der Waals surface area contributed by atoms with Crippen LogP contribution in [-0.4, -0.2) is 19.5 Å². The summed E-state index contributed by atoms with van der Waals surface area (Å²) in [4.78, 5) is 15.3. The molecule has 0 N–H and O–H groups in total. The highest BCUT2D eigenvalue weighted by atomic mass is 16.3. The summed E-state index contributed by atoms with van der Waals surface area (Å²) >= 11 is 0. The largest absolute Gasteiger partial charge is 0.456 e. The fourth-order valence-corrected chi connectivity index (χ4v) is 7.10. The Morgan fingerprint density at radius 1 is 0.417 bits per heavy atom. The molecule has 0 bridgehead atoms. The van der Waals surface area contributed by atoms with E-state index >= 15 is 0 Å². The van der Waals surface area contributed by atoms with E-state index < -0.39 is 0 Å². The fourth-order valence-electron chi connectivity index (χ4n) is 7.10. The molecule has 0 saturated carbocycles. The third-order valence-electron chi connectivity index (χ3n) is 9.24. The highest BCUT2D eigenvalue weighted by Crippen LogP contribution is 2.39. The Hall–Kier alpha value is -6.59. The van der Waals surface area contributed by atoms with Crippen molar-refractivity contribution in [3.8, 4) is 39.9 Å². The van der Waals surface area contributed by atoms with Crippen LogP contribution in [0.2, 0.25) is 0 Å². The monoisotopic (exact) mass is 614 g/mol. The molecule has 0 aliphatic rings. The van der Waals surface area contributed by atoms with Crippen molar-refractivity contribution in [3.63, 3.8) is 0 Å². The molecule has 0 saturated heterocycles. The van der Waals surface area contributed by atoms with Gasteiger partial charge in [-0.15, -0.1) is 0 Å². The quantitative estimate of drug-likeness (QED) is 0.198. The van der Waals surface area contributed by atoms with Gasteiger partial charge in [-0.2, -0.15) is 0 Å². The van der Waals surface area contributed by atoms with E-state index in [4.69, 9.17) is 19.4 Å². The van der Waals surface area contributed by atoms with Crippen LogP contribution in [0.3, 0.4) is 0 Å². The molecule has 0 amide bonds. The summed E-state index contributed by atoms with van der Waals surface area (Å²) in [5, 5.41) is 6.99. The Bertz CT molecular complexity index is 2850. The van der Waals surface area contributed by atoms with Crippen LogP contribution in [0.15, 0.2) is 162 Å². The third kappa shape index (κ3) is 4.08. The zero-order valence-electron chi connectivity index (χ0n) is 25.7. The normalized spacial score (nSPS) is 11.8. The van der Waals surface area contributed by atoms with Gasteiger partial charge in [-0.1, -0.05) is 121 Å². The maximum atomic E-state index is 6.22. The van der Waals surface area contributed by atoms with E-state index in [2.05, 4.69) is 102 Å². The molecule has 0 fully saturated rings. The van der Waals surface area contributed by atoms with Gasteiger partial charge in [0.1, 0.15) is 11.2 Å². The lowest BCUT2D eigenvalue weighted by atomic mass is 10.0. The first kappa shape index (κ1) is 26.6. The molecular weight excluding hydrogens is 589 g/mol. The summed E-state index contributed by atoms with van der Waals surface area (Å²) in [5.41, 5.74) is 7.74. The van der Waals surface area contributed by atoms with E-state index in [9.17, 15) is 0 Å². The Morgan fingerprint density at radius 2 is 1.08 bits per heavy atom. The number of rotatable bonds is 4.